The van der Waals surface area contributed by atoms with Crippen LogP contribution in [0, 0.1) is 5.41 Å². The Labute approximate surface area is 220 Å². The number of aromatic nitrogens is 2. The van der Waals surface area contributed by atoms with Crippen LogP contribution in [0.15, 0.2) is 42.5 Å². The second-order valence-electron chi connectivity index (χ2n) is 10.4. The van der Waals surface area contributed by atoms with Gasteiger partial charge in [-0.25, -0.2) is 9.78 Å². The molecular formula is C27H34F3N5O3. The van der Waals surface area contributed by atoms with Crippen LogP contribution in [0.25, 0.3) is 11.0 Å². The minimum Gasteiger partial charge on any atom is -0.462 e. The van der Waals surface area contributed by atoms with Crippen molar-refractivity contribution in [1.82, 2.24) is 20.2 Å². The molecule has 0 saturated carbocycles. The van der Waals surface area contributed by atoms with Crippen LogP contribution < -0.4 is 10.6 Å². The predicted molar refractivity (Wildman–Crippen MR) is 139 cm³/mol. The Morgan fingerprint density at radius 2 is 1.71 bits per heavy atom. The molecule has 1 aromatic heterocycles. The average molecular weight is 534 g/mol. The van der Waals surface area contributed by atoms with Crippen LogP contribution in [0.2, 0.25) is 0 Å². The number of aromatic amines is 1. The molecule has 0 aliphatic carbocycles. The molecule has 0 saturated heterocycles. The number of H-pyrrole nitrogens is 1. The summed E-state index contributed by atoms with van der Waals surface area (Å²) < 4.78 is 46.0. The zero-order valence-corrected chi connectivity index (χ0v) is 22.4. The molecule has 2 aromatic carbocycles. The van der Waals surface area contributed by atoms with Crippen molar-refractivity contribution in [3.63, 3.8) is 0 Å². The number of anilines is 1. The van der Waals surface area contributed by atoms with Crippen LogP contribution in [0.4, 0.5) is 23.9 Å². The Kier molecular flexibility index (Phi) is 8.28. The molecule has 8 nitrogen and oxygen atoms in total. The number of nitrogens with zero attached hydrogens (tertiary/aromatic N) is 2. The molecule has 0 aliphatic rings. The van der Waals surface area contributed by atoms with Crippen molar-refractivity contribution in [2.45, 2.75) is 52.9 Å². The number of ether oxygens (including phenoxy) is 1. The van der Waals surface area contributed by atoms with Crippen molar-refractivity contribution in [2.75, 3.05) is 25.5 Å². The highest BCUT2D eigenvalue weighted by atomic mass is 19.4. The fourth-order valence-electron chi connectivity index (χ4n) is 3.66. The largest absolute Gasteiger partial charge is 0.462 e. The summed E-state index contributed by atoms with van der Waals surface area (Å²) in [6, 6.07) is 10.1. The maximum Gasteiger partial charge on any atom is 0.416 e. The van der Waals surface area contributed by atoms with Crippen LogP contribution in [0.1, 0.15) is 51.3 Å². The first-order valence-corrected chi connectivity index (χ1v) is 12.2. The summed E-state index contributed by atoms with van der Waals surface area (Å²) in [7, 11) is 1.69. The molecule has 1 atom stereocenters. The van der Waals surface area contributed by atoms with Gasteiger partial charge in [-0.2, -0.15) is 13.2 Å². The molecule has 3 aromatic rings. The fraction of sp³-hybridized carbons (Fsp3) is 0.444. The molecular weight excluding hydrogens is 499 g/mol. The molecule has 0 aliphatic heterocycles. The van der Waals surface area contributed by atoms with Crippen LogP contribution in [0.5, 0.6) is 0 Å². The van der Waals surface area contributed by atoms with Gasteiger partial charge in [-0.15, -0.1) is 0 Å². The monoisotopic (exact) mass is 533 g/mol. The zero-order chi connectivity index (χ0) is 28.3. The van der Waals surface area contributed by atoms with Gasteiger partial charge in [0.15, 0.2) is 0 Å². The van der Waals surface area contributed by atoms with Gasteiger partial charge in [-0.1, -0.05) is 24.3 Å². The van der Waals surface area contributed by atoms with E-state index in [2.05, 4.69) is 20.6 Å². The number of imidazole rings is 1. The number of benzene rings is 2. The van der Waals surface area contributed by atoms with Crippen molar-refractivity contribution in [3.05, 3.63) is 59.2 Å². The number of rotatable bonds is 8. The van der Waals surface area contributed by atoms with Crippen LogP contribution in [-0.2, 0) is 27.8 Å². The number of carbonyl (C=O) groups excluding carboxylic acids is 2. The Morgan fingerprint density at radius 1 is 1.05 bits per heavy atom. The van der Waals surface area contributed by atoms with Crippen LogP contribution in [-0.4, -0.2) is 47.1 Å². The SMILES string of the molecule is CCN(C)C(=O)NCc1cccc2[nH]c(NC(C)(COC(=O)C(C)(C)C)c3cccc(C(F)(F)F)c3)nc12. The molecule has 2 amide bonds. The lowest BCUT2D eigenvalue weighted by molar-refractivity contribution is -0.154. The number of halogens is 3. The molecule has 3 N–H and O–H groups in total. The first-order chi connectivity index (χ1) is 17.6. The van der Waals surface area contributed by atoms with Crippen molar-refractivity contribution in [2.24, 2.45) is 5.41 Å². The highest BCUT2D eigenvalue weighted by molar-refractivity contribution is 5.82. The van der Waals surface area contributed by atoms with E-state index in [-0.39, 0.29) is 30.7 Å². The van der Waals surface area contributed by atoms with Gasteiger partial charge < -0.3 is 25.3 Å². The van der Waals surface area contributed by atoms with E-state index >= 15 is 0 Å². The molecule has 1 heterocycles. The second-order valence-corrected chi connectivity index (χ2v) is 10.4. The molecule has 3 rings (SSSR count). The number of carbonyl (C=O) groups is 2. The molecule has 38 heavy (non-hydrogen) atoms. The summed E-state index contributed by atoms with van der Waals surface area (Å²) in [6.07, 6.45) is -4.54. The summed E-state index contributed by atoms with van der Waals surface area (Å²) in [6.45, 7) is 9.15. The van der Waals surface area contributed by atoms with Crippen molar-refractivity contribution < 1.29 is 27.5 Å². The second kappa shape index (κ2) is 10.9. The number of alkyl halides is 3. The first kappa shape index (κ1) is 28.8. The predicted octanol–water partition coefficient (Wildman–Crippen LogP) is 5.66. The van der Waals surface area contributed by atoms with Gasteiger partial charge in [0.1, 0.15) is 6.61 Å². The molecule has 206 valence electrons. The molecule has 0 spiro atoms. The van der Waals surface area contributed by atoms with Gasteiger partial charge in [0.05, 0.1) is 27.6 Å². The third kappa shape index (κ3) is 6.76. The van der Waals surface area contributed by atoms with E-state index in [4.69, 9.17) is 4.74 Å². The number of para-hydroxylation sites is 1. The van der Waals surface area contributed by atoms with Gasteiger partial charge in [0.2, 0.25) is 5.95 Å². The van der Waals surface area contributed by atoms with E-state index in [1.807, 2.05) is 19.1 Å². The average Bonchev–Trinajstić information content (AvgIpc) is 3.26. The van der Waals surface area contributed by atoms with Gasteiger partial charge in [0, 0.05) is 20.1 Å². The van der Waals surface area contributed by atoms with Crippen LogP contribution in [0.3, 0.4) is 0 Å². The maximum atomic E-state index is 13.5. The Hall–Kier alpha value is -3.76. The van der Waals surface area contributed by atoms with Crippen molar-refractivity contribution in [3.8, 4) is 0 Å². The molecule has 11 heteroatoms. The van der Waals surface area contributed by atoms with E-state index in [9.17, 15) is 22.8 Å². The minimum atomic E-state index is -4.54. The van der Waals surface area contributed by atoms with E-state index in [1.54, 1.807) is 46.9 Å². The Balaban J connectivity index is 1.95. The van der Waals surface area contributed by atoms with Gasteiger partial charge >= 0.3 is 18.2 Å². The lowest BCUT2D eigenvalue weighted by atomic mass is 9.91. The number of hydrogen-bond acceptors (Lipinski definition) is 5. The minimum absolute atomic E-state index is 0.226. The first-order valence-electron chi connectivity index (χ1n) is 12.2. The Bertz CT molecular complexity index is 1300. The van der Waals surface area contributed by atoms with Crippen molar-refractivity contribution in [1.29, 1.82) is 0 Å². The topological polar surface area (TPSA) is 99.4 Å². The normalized spacial score (nSPS) is 13.6. The van der Waals surface area contributed by atoms with Gasteiger partial charge in [-0.05, 0) is 63.9 Å². The quantitative estimate of drug-likeness (QED) is 0.325. The third-order valence-electron chi connectivity index (χ3n) is 6.17. The molecule has 0 bridgehead atoms. The van der Waals surface area contributed by atoms with E-state index in [0.29, 0.717) is 17.6 Å². The summed E-state index contributed by atoms with van der Waals surface area (Å²) in [5, 5.41) is 6.00. The number of amides is 2. The standard InChI is InChI=1S/C27H34F3N5O3/c1-7-35(6)24(37)31-15-17-10-8-13-20-21(17)33-23(32-20)34-26(5,16-38-22(36)25(2,3)4)18-11-9-12-19(14-18)27(28,29)30/h8-14H,7,15-16H2,1-6H3,(H,31,37)(H2,32,33,34). The zero-order valence-electron chi connectivity index (χ0n) is 22.4. The number of urea groups is 1. The van der Waals surface area contributed by atoms with Gasteiger partial charge in [0.25, 0.3) is 0 Å². The van der Waals surface area contributed by atoms with E-state index < -0.39 is 28.7 Å². The summed E-state index contributed by atoms with van der Waals surface area (Å²) >= 11 is 0. The maximum absolute atomic E-state index is 13.5. The fourth-order valence-corrected chi connectivity index (χ4v) is 3.66. The summed E-state index contributed by atoms with van der Waals surface area (Å²) in [5.74, 6) is -0.214. The highest BCUT2D eigenvalue weighted by Crippen LogP contribution is 2.34. The van der Waals surface area contributed by atoms with Gasteiger partial charge in [-0.3, -0.25) is 4.79 Å². The smallest absolute Gasteiger partial charge is 0.416 e. The summed E-state index contributed by atoms with van der Waals surface area (Å²) in [5.41, 5.74) is -0.583. The number of esters is 1. The third-order valence-corrected chi connectivity index (χ3v) is 6.17. The molecule has 0 radical (unpaired) electrons. The number of fused-ring (bicyclic) bond motifs is 1. The summed E-state index contributed by atoms with van der Waals surface area (Å²) in [4.78, 5) is 34.0. The Morgan fingerprint density at radius 3 is 2.34 bits per heavy atom. The lowest BCUT2D eigenvalue weighted by Crippen LogP contribution is -2.40. The van der Waals surface area contributed by atoms with Crippen molar-refractivity contribution >= 4 is 29.0 Å². The van der Waals surface area contributed by atoms with Crippen LogP contribution >= 0.6 is 0 Å². The van der Waals surface area contributed by atoms with E-state index in [0.717, 1.165) is 17.7 Å². The number of nitrogens with one attached hydrogen (secondary N) is 3. The van der Waals surface area contributed by atoms with E-state index in [1.165, 1.54) is 11.0 Å². The number of hydrogen-bond donors (Lipinski definition) is 3. The molecule has 1 unspecified atom stereocenters. The highest BCUT2D eigenvalue weighted by Gasteiger charge is 2.36. The molecule has 0 fully saturated rings. The lowest BCUT2D eigenvalue weighted by Gasteiger charge is -2.32.